The normalized spacial score (nSPS) is 10.4. The van der Waals surface area contributed by atoms with Crippen LogP contribution in [0.4, 0.5) is 5.69 Å². The molecule has 0 saturated heterocycles. The molecule has 0 heterocycles. The van der Waals surface area contributed by atoms with Crippen LogP contribution in [0.15, 0.2) is 53.6 Å². The van der Waals surface area contributed by atoms with Gasteiger partial charge < -0.3 is 15.2 Å². The van der Waals surface area contributed by atoms with E-state index < -0.39 is 11.8 Å². The molecule has 2 aromatic rings. The van der Waals surface area contributed by atoms with Crippen molar-refractivity contribution in [2.75, 3.05) is 12.4 Å². The van der Waals surface area contributed by atoms with Gasteiger partial charge in [0.25, 0.3) is 0 Å². The maximum atomic E-state index is 11.7. The number of benzene rings is 2. The average molecular weight is 327 g/mol. The minimum atomic E-state index is -0.537. The number of nitrogens with zero attached hydrogens (tertiary/aromatic N) is 1. The molecule has 0 saturated carbocycles. The fraction of sp³-hybridized carbons (Fsp3) is 0.118. The van der Waals surface area contributed by atoms with Crippen molar-refractivity contribution in [2.24, 2.45) is 5.10 Å². The smallest absolute Gasteiger partial charge is 0.249 e. The van der Waals surface area contributed by atoms with Crippen molar-refractivity contribution in [2.45, 2.75) is 6.42 Å². The Balaban J connectivity index is 1.83. The van der Waals surface area contributed by atoms with E-state index in [0.29, 0.717) is 17.0 Å². The molecule has 24 heavy (non-hydrogen) atoms. The number of carbonyl (C=O) groups is 2. The molecule has 0 aliphatic heterocycles. The van der Waals surface area contributed by atoms with E-state index in [4.69, 9.17) is 4.74 Å². The number of phenolic OH excluding ortho intramolecular Hbond substituents is 1. The Morgan fingerprint density at radius 3 is 2.62 bits per heavy atom. The molecule has 0 unspecified atom stereocenters. The molecule has 0 atom stereocenters. The number of rotatable bonds is 6. The number of methoxy groups -OCH3 is 1. The van der Waals surface area contributed by atoms with Gasteiger partial charge in [0.2, 0.25) is 11.8 Å². The number of carbonyl (C=O) groups excluding carboxylic acids is 2. The van der Waals surface area contributed by atoms with E-state index in [1.807, 2.05) is 6.07 Å². The lowest BCUT2D eigenvalue weighted by atomic mass is 10.2. The highest BCUT2D eigenvalue weighted by atomic mass is 16.5. The van der Waals surface area contributed by atoms with Gasteiger partial charge in [0.1, 0.15) is 6.42 Å². The molecule has 2 amide bonds. The molecule has 0 fully saturated rings. The van der Waals surface area contributed by atoms with E-state index in [0.717, 1.165) is 0 Å². The molecule has 0 aliphatic rings. The van der Waals surface area contributed by atoms with Gasteiger partial charge in [-0.25, -0.2) is 5.43 Å². The summed E-state index contributed by atoms with van der Waals surface area (Å²) in [5, 5.41) is 15.9. The Hall–Kier alpha value is -3.35. The number of amides is 2. The first kappa shape index (κ1) is 17.0. The van der Waals surface area contributed by atoms with Gasteiger partial charge in [-0.15, -0.1) is 0 Å². The number of nitrogens with one attached hydrogen (secondary N) is 2. The SMILES string of the molecule is COc1cc(/C=N/NC(=O)CC(=O)Nc2ccccc2)ccc1O. The van der Waals surface area contributed by atoms with Gasteiger partial charge in [0.15, 0.2) is 11.5 Å². The lowest BCUT2D eigenvalue weighted by molar-refractivity contribution is -0.126. The largest absolute Gasteiger partial charge is 0.504 e. The third-order valence-electron chi connectivity index (χ3n) is 2.99. The molecule has 7 heteroatoms. The van der Waals surface area contributed by atoms with Crippen LogP contribution in [0.1, 0.15) is 12.0 Å². The number of phenols is 1. The first-order valence-corrected chi connectivity index (χ1v) is 7.12. The van der Waals surface area contributed by atoms with Crippen LogP contribution in [0, 0.1) is 0 Å². The zero-order valence-corrected chi connectivity index (χ0v) is 13.0. The monoisotopic (exact) mass is 327 g/mol. The topological polar surface area (TPSA) is 100 Å². The van der Waals surface area contributed by atoms with Crippen LogP contribution in [-0.4, -0.2) is 30.2 Å². The number of hydrogen-bond donors (Lipinski definition) is 3. The number of anilines is 1. The van der Waals surface area contributed by atoms with Crippen molar-refractivity contribution < 1.29 is 19.4 Å². The van der Waals surface area contributed by atoms with Crippen LogP contribution in [0.2, 0.25) is 0 Å². The number of hydrazone groups is 1. The first-order valence-electron chi connectivity index (χ1n) is 7.12. The summed E-state index contributed by atoms with van der Waals surface area (Å²) in [4.78, 5) is 23.4. The lowest BCUT2D eigenvalue weighted by Gasteiger charge is -2.04. The Kier molecular flexibility index (Phi) is 5.90. The highest BCUT2D eigenvalue weighted by Gasteiger charge is 2.08. The van der Waals surface area contributed by atoms with Gasteiger partial charge in [-0.1, -0.05) is 18.2 Å². The van der Waals surface area contributed by atoms with Crippen LogP contribution in [0.5, 0.6) is 11.5 Å². The minimum Gasteiger partial charge on any atom is -0.504 e. The molecule has 2 aromatic carbocycles. The molecular weight excluding hydrogens is 310 g/mol. The second-order valence-corrected chi connectivity index (χ2v) is 4.82. The van der Waals surface area contributed by atoms with Gasteiger partial charge in [0, 0.05) is 5.69 Å². The highest BCUT2D eigenvalue weighted by molar-refractivity contribution is 6.03. The van der Waals surface area contributed by atoms with E-state index in [2.05, 4.69) is 15.8 Å². The molecule has 0 radical (unpaired) electrons. The third kappa shape index (κ3) is 5.13. The lowest BCUT2D eigenvalue weighted by Crippen LogP contribution is -2.24. The molecular formula is C17H17N3O4. The summed E-state index contributed by atoms with van der Waals surface area (Å²) in [7, 11) is 1.43. The predicted octanol–water partition coefficient (Wildman–Crippen LogP) is 1.88. The summed E-state index contributed by atoms with van der Waals surface area (Å²) in [5.74, 6) is -0.658. The maximum Gasteiger partial charge on any atom is 0.249 e. The van der Waals surface area contributed by atoms with Crippen molar-refractivity contribution >= 4 is 23.7 Å². The van der Waals surface area contributed by atoms with Gasteiger partial charge in [-0.05, 0) is 35.9 Å². The molecule has 2 rings (SSSR count). The molecule has 0 aliphatic carbocycles. The second kappa shape index (κ2) is 8.33. The second-order valence-electron chi connectivity index (χ2n) is 4.82. The van der Waals surface area contributed by atoms with Gasteiger partial charge in [-0.3, -0.25) is 9.59 Å². The zero-order valence-electron chi connectivity index (χ0n) is 13.0. The fourth-order valence-corrected chi connectivity index (χ4v) is 1.87. The molecule has 7 nitrogen and oxygen atoms in total. The standard InChI is InChI=1S/C17H17N3O4/c1-24-15-9-12(7-8-14(15)21)11-18-20-17(23)10-16(22)19-13-5-3-2-4-6-13/h2-9,11,21H,10H2,1H3,(H,19,22)(H,20,23)/b18-11+. The first-order chi connectivity index (χ1) is 11.6. The van der Waals surface area contributed by atoms with E-state index >= 15 is 0 Å². The molecule has 0 aromatic heterocycles. The van der Waals surface area contributed by atoms with E-state index in [1.165, 1.54) is 19.4 Å². The molecule has 3 N–H and O–H groups in total. The van der Waals surface area contributed by atoms with Crippen molar-refractivity contribution in [1.82, 2.24) is 5.43 Å². The Morgan fingerprint density at radius 2 is 1.92 bits per heavy atom. The van der Waals surface area contributed by atoms with Crippen molar-refractivity contribution in [3.05, 3.63) is 54.1 Å². The number of hydrogen-bond acceptors (Lipinski definition) is 5. The summed E-state index contributed by atoms with van der Waals surface area (Å²) >= 11 is 0. The van der Waals surface area contributed by atoms with Crippen molar-refractivity contribution in [1.29, 1.82) is 0 Å². The molecule has 0 spiro atoms. The summed E-state index contributed by atoms with van der Waals surface area (Å²) in [5.41, 5.74) is 3.51. The van der Waals surface area contributed by atoms with Gasteiger partial charge in [0.05, 0.1) is 13.3 Å². The van der Waals surface area contributed by atoms with Crippen LogP contribution in [0.25, 0.3) is 0 Å². The number of ether oxygens (including phenoxy) is 1. The van der Waals surface area contributed by atoms with Crippen LogP contribution < -0.4 is 15.5 Å². The average Bonchev–Trinajstić information content (AvgIpc) is 2.57. The van der Waals surface area contributed by atoms with Crippen molar-refractivity contribution in [3.8, 4) is 11.5 Å². The predicted molar refractivity (Wildman–Crippen MR) is 90.1 cm³/mol. The van der Waals surface area contributed by atoms with E-state index in [1.54, 1.807) is 36.4 Å². The number of para-hydroxylation sites is 1. The third-order valence-corrected chi connectivity index (χ3v) is 2.99. The maximum absolute atomic E-state index is 11.7. The van der Waals surface area contributed by atoms with E-state index in [9.17, 15) is 14.7 Å². The highest BCUT2D eigenvalue weighted by Crippen LogP contribution is 2.25. The van der Waals surface area contributed by atoms with Crippen LogP contribution in [0.3, 0.4) is 0 Å². The van der Waals surface area contributed by atoms with Crippen LogP contribution in [-0.2, 0) is 9.59 Å². The Bertz CT molecular complexity index is 745. The molecule has 124 valence electrons. The van der Waals surface area contributed by atoms with Crippen LogP contribution >= 0.6 is 0 Å². The quantitative estimate of drug-likeness (QED) is 0.428. The summed E-state index contributed by atoms with van der Waals surface area (Å²) in [6.07, 6.45) is 1.04. The summed E-state index contributed by atoms with van der Waals surface area (Å²) in [6.45, 7) is 0. The fourth-order valence-electron chi connectivity index (χ4n) is 1.87. The number of aromatic hydroxyl groups is 1. The summed E-state index contributed by atoms with van der Waals surface area (Å²) in [6, 6.07) is 13.5. The van der Waals surface area contributed by atoms with Gasteiger partial charge >= 0.3 is 0 Å². The Morgan fingerprint density at radius 1 is 1.17 bits per heavy atom. The van der Waals surface area contributed by atoms with Crippen molar-refractivity contribution in [3.63, 3.8) is 0 Å². The minimum absolute atomic E-state index is 0.0104. The molecule has 0 bridgehead atoms. The van der Waals surface area contributed by atoms with E-state index in [-0.39, 0.29) is 12.2 Å². The van der Waals surface area contributed by atoms with Gasteiger partial charge in [-0.2, -0.15) is 5.10 Å². The Labute approximate surface area is 139 Å². The zero-order chi connectivity index (χ0) is 17.4. The summed E-state index contributed by atoms with van der Waals surface area (Å²) < 4.78 is 4.97.